The van der Waals surface area contributed by atoms with Crippen molar-refractivity contribution in [1.82, 2.24) is 0 Å². The molecule has 1 atom stereocenters. The van der Waals surface area contributed by atoms with E-state index in [0.717, 1.165) is 0 Å². The highest BCUT2D eigenvalue weighted by Gasteiger charge is 2.20. The van der Waals surface area contributed by atoms with Crippen molar-refractivity contribution in [2.45, 2.75) is 13.0 Å². The van der Waals surface area contributed by atoms with Gasteiger partial charge in [-0.05, 0) is 19.1 Å². The summed E-state index contributed by atoms with van der Waals surface area (Å²) in [7, 11) is -1.20. The molecular weight excluding hydrogens is 298 g/mol. The smallest absolute Gasteiger partial charge is 0.267 e. The number of hydrogen-bond donors (Lipinski definition) is 2. The zero-order valence-electron chi connectivity index (χ0n) is 12.3. The van der Waals surface area contributed by atoms with E-state index in [1.165, 1.54) is 14.2 Å². The van der Waals surface area contributed by atoms with Crippen LogP contribution in [0.3, 0.4) is 0 Å². The van der Waals surface area contributed by atoms with Gasteiger partial charge in [-0.3, -0.25) is 4.55 Å². The topological polar surface area (TPSA) is 96.3 Å². The number of anilines is 1. The van der Waals surface area contributed by atoms with Crippen LogP contribution in [0.25, 0.3) is 0 Å². The number of para-hydroxylation sites is 1. The molecule has 0 saturated carbocycles. The molecule has 8 heteroatoms. The number of hydrogen-bond acceptors (Lipinski definition) is 6. The first-order chi connectivity index (χ1) is 9.82. The Morgan fingerprint density at radius 2 is 1.95 bits per heavy atom. The SMILES string of the molecule is CCN(CC(O)CS(=O)(=O)O)c1cccc(OC)c1OC. The molecule has 1 aromatic rings. The van der Waals surface area contributed by atoms with Gasteiger partial charge in [-0.15, -0.1) is 0 Å². The van der Waals surface area contributed by atoms with Crippen LogP contribution in [0.4, 0.5) is 5.69 Å². The van der Waals surface area contributed by atoms with Crippen LogP contribution in [-0.2, 0) is 10.1 Å². The van der Waals surface area contributed by atoms with Crippen LogP contribution in [0.15, 0.2) is 18.2 Å². The highest BCUT2D eigenvalue weighted by atomic mass is 32.2. The van der Waals surface area contributed by atoms with Crippen molar-refractivity contribution < 1.29 is 27.6 Å². The summed E-state index contributed by atoms with van der Waals surface area (Å²) in [5.41, 5.74) is 0.675. The Bertz CT molecular complexity index is 560. The minimum atomic E-state index is -4.22. The maximum absolute atomic E-state index is 10.8. The molecule has 0 heterocycles. The predicted octanol–water partition coefficient (Wildman–Crippen LogP) is 0.779. The van der Waals surface area contributed by atoms with E-state index in [2.05, 4.69) is 0 Å². The van der Waals surface area contributed by atoms with Gasteiger partial charge in [0.25, 0.3) is 10.1 Å². The van der Waals surface area contributed by atoms with Crippen molar-refractivity contribution >= 4 is 15.8 Å². The van der Waals surface area contributed by atoms with Gasteiger partial charge < -0.3 is 19.5 Å². The summed E-state index contributed by atoms with van der Waals surface area (Å²) in [4.78, 5) is 1.75. The molecule has 0 aliphatic heterocycles. The fourth-order valence-electron chi connectivity index (χ4n) is 2.07. The van der Waals surface area contributed by atoms with Gasteiger partial charge in [-0.1, -0.05) is 6.07 Å². The number of benzene rings is 1. The normalized spacial score (nSPS) is 12.8. The van der Waals surface area contributed by atoms with Gasteiger partial charge in [0, 0.05) is 13.1 Å². The Kier molecular flexibility index (Phi) is 6.25. The van der Waals surface area contributed by atoms with Crippen LogP contribution in [0.2, 0.25) is 0 Å². The number of nitrogens with zero attached hydrogens (tertiary/aromatic N) is 1. The predicted molar refractivity (Wildman–Crippen MR) is 79.9 cm³/mol. The molecule has 0 radical (unpaired) electrons. The van der Waals surface area contributed by atoms with Crippen LogP contribution in [0, 0.1) is 0 Å². The molecule has 1 aromatic carbocycles. The standard InChI is InChI=1S/C13H21NO6S/c1-4-14(8-10(15)9-21(16,17)18)11-6-5-7-12(19-2)13(11)20-3/h5-7,10,15H,4,8-9H2,1-3H3,(H,16,17,18). The van der Waals surface area contributed by atoms with Crippen molar-refractivity contribution in [3.8, 4) is 11.5 Å². The summed E-state index contributed by atoms with van der Waals surface area (Å²) in [6, 6.07) is 5.30. The summed E-state index contributed by atoms with van der Waals surface area (Å²) in [6.07, 6.45) is -1.21. The van der Waals surface area contributed by atoms with E-state index >= 15 is 0 Å². The molecule has 0 aliphatic carbocycles. The van der Waals surface area contributed by atoms with Crippen molar-refractivity contribution in [2.24, 2.45) is 0 Å². The van der Waals surface area contributed by atoms with Gasteiger partial charge in [-0.2, -0.15) is 8.42 Å². The average Bonchev–Trinajstić information content (AvgIpc) is 2.41. The summed E-state index contributed by atoms with van der Waals surface area (Å²) in [6.45, 7) is 2.42. The lowest BCUT2D eigenvalue weighted by Gasteiger charge is -2.27. The lowest BCUT2D eigenvalue weighted by atomic mass is 10.2. The first-order valence-electron chi connectivity index (χ1n) is 6.41. The second-order valence-corrected chi connectivity index (χ2v) is 5.95. The van der Waals surface area contributed by atoms with Crippen LogP contribution >= 0.6 is 0 Å². The summed E-state index contributed by atoms with van der Waals surface area (Å²) >= 11 is 0. The first kappa shape index (κ1) is 17.5. The molecule has 120 valence electrons. The third-order valence-corrected chi connectivity index (χ3v) is 3.74. The van der Waals surface area contributed by atoms with E-state index in [0.29, 0.717) is 23.7 Å². The van der Waals surface area contributed by atoms with Crippen molar-refractivity contribution in [3.63, 3.8) is 0 Å². The summed E-state index contributed by atoms with van der Waals surface area (Å²) < 4.78 is 40.9. The molecule has 21 heavy (non-hydrogen) atoms. The number of methoxy groups -OCH3 is 2. The maximum atomic E-state index is 10.8. The third kappa shape index (κ3) is 5.07. The molecular formula is C13H21NO6S. The lowest BCUT2D eigenvalue weighted by Crippen LogP contribution is -2.36. The van der Waals surface area contributed by atoms with Gasteiger partial charge >= 0.3 is 0 Å². The molecule has 1 unspecified atom stereocenters. The van der Waals surface area contributed by atoms with Gasteiger partial charge in [0.1, 0.15) is 5.75 Å². The fourth-order valence-corrected chi connectivity index (χ4v) is 2.66. The quantitative estimate of drug-likeness (QED) is 0.683. The van der Waals surface area contributed by atoms with Crippen LogP contribution in [0.1, 0.15) is 6.92 Å². The maximum Gasteiger partial charge on any atom is 0.267 e. The van der Waals surface area contributed by atoms with Gasteiger partial charge in [0.2, 0.25) is 0 Å². The Hall–Kier alpha value is -1.51. The molecule has 7 nitrogen and oxygen atoms in total. The van der Waals surface area contributed by atoms with Crippen molar-refractivity contribution in [1.29, 1.82) is 0 Å². The van der Waals surface area contributed by atoms with Crippen molar-refractivity contribution in [2.75, 3.05) is 38.0 Å². The molecule has 0 aliphatic rings. The van der Waals surface area contributed by atoms with E-state index in [1.54, 1.807) is 23.1 Å². The fraction of sp³-hybridized carbons (Fsp3) is 0.538. The summed E-state index contributed by atoms with van der Waals surface area (Å²) in [5.74, 6) is 0.328. The number of likely N-dealkylation sites (N-methyl/N-ethyl adjacent to an activating group) is 1. The Morgan fingerprint density at radius 3 is 2.43 bits per heavy atom. The first-order valence-corrected chi connectivity index (χ1v) is 8.02. The monoisotopic (exact) mass is 319 g/mol. The van der Waals surface area contributed by atoms with Crippen LogP contribution < -0.4 is 14.4 Å². The van der Waals surface area contributed by atoms with Gasteiger partial charge in [-0.25, -0.2) is 0 Å². The molecule has 0 saturated heterocycles. The molecule has 0 fully saturated rings. The molecule has 0 amide bonds. The number of aliphatic hydroxyl groups excluding tert-OH is 1. The van der Waals surface area contributed by atoms with E-state index in [4.69, 9.17) is 14.0 Å². The van der Waals surface area contributed by atoms with Crippen molar-refractivity contribution in [3.05, 3.63) is 18.2 Å². The third-order valence-electron chi connectivity index (χ3n) is 2.94. The zero-order valence-corrected chi connectivity index (χ0v) is 13.1. The number of rotatable bonds is 8. The Balaban J connectivity index is 3.00. The largest absolute Gasteiger partial charge is 0.493 e. The van der Waals surface area contributed by atoms with E-state index in [9.17, 15) is 13.5 Å². The van der Waals surface area contributed by atoms with Gasteiger partial charge in [0.05, 0.1) is 26.0 Å². The van der Waals surface area contributed by atoms with Crippen LogP contribution in [-0.4, -0.2) is 57.2 Å². The average molecular weight is 319 g/mol. The lowest BCUT2D eigenvalue weighted by molar-refractivity contribution is 0.200. The second kappa shape index (κ2) is 7.48. The minimum Gasteiger partial charge on any atom is -0.493 e. The number of ether oxygens (including phenoxy) is 2. The summed E-state index contributed by atoms with van der Waals surface area (Å²) in [5, 5.41) is 9.78. The number of aliphatic hydroxyl groups is 1. The van der Waals surface area contributed by atoms with Crippen LogP contribution in [0.5, 0.6) is 11.5 Å². The van der Waals surface area contributed by atoms with E-state index in [1.807, 2.05) is 6.92 Å². The molecule has 0 spiro atoms. The molecule has 0 aromatic heterocycles. The Morgan fingerprint density at radius 1 is 1.29 bits per heavy atom. The zero-order chi connectivity index (χ0) is 16.0. The van der Waals surface area contributed by atoms with Gasteiger partial charge in [0.15, 0.2) is 11.5 Å². The molecule has 1 rings (SSSR count). The Labute approximate surface area is 124 Å². The minimum absolute atomic E-state index is 0.0415. The van der Waals surface area contributed by atoms with E-state index < -0.39 is 22.0 Å². The molecule has 0 bridgehead atoms. The van der Waals surface area contributed by atoms with E-state index in [-0.39, 0.29) is 6.54 Å². The highest BCUT2D eigenvalue weighted by molar-refractivity contribution is 7.85. The highest BCUT2D eigenvalue weighted by Crippen LogP contribution is 2.37. The second-order valence-electron chi connectivity index (χ2n) is 4.45. The molecule has 2 N–H and O–H groups in total.